The lowest BCUT2D eigenvalue weighted by molar-refractivity contribution is -0.200. The second kappa shape index (κ2) is 8.39. The maximum atomic E-state index is 11.7. The molecule has 10 heteroatoms. The van der Waals surface area contributed by atoms with Gasteiger partial charge in [0, 0.05) is 6.42 Å². The first-order valence-electron chi connectivity index (χ1n) is 8.66. The van der Waals surface area contributed by atoms with Gasteiger partial charge in [0.2, 0.25) is 5.95 Å². The topological polar surface area (TPSA) is 134 Å². The molecule has 2 atom stereocenters. The molecule has 0 radical (unpaired) electrons. The number of anilines is 1. The third-order valence-corrected chi connectivity index (χ3v) is 4.18. The van der Waals surface area contributed by atoms with Gasteiger partial charge in [-0.3, -0.25) is 19.1 Å². The van der Waals surface area contributed by atoms with Gasteiger partial charge in [0.25, 0.3) is 5.56 Å². The molecule has 2 aromatic heterocycles. The molecule has 2 unspecified atom stereocenters. The largest absolute Gasteiger partial charge is 0.369 e. The number of hydrogen-bond donors (Lipinski definition) is 2. The number of imidazole rings is 1. The summed E-state index contributed by atoms with van der Waals surface area (Å²) in [5, 5.41) is 0. The fourth-order valence-electron chi connectivity index (χ4n) is 2.84. The molecule has 26 heavy (non-hydrogen) atoms. The maximum absolute atomic E-state index is 11.7. The zero-order chi connectivity index (χ0) is 18.5. The lowest BCUT2D eigenvalue weighted by atomic mass is 10.0. The number of H-pyrrole nitrogens is 1. The third kappa shape index (κ3) is 4.26. The zero-order valence-corrected chi connectivity index (χ0v) is 14.6. The number of hydrogen-bond acceptors (Lipinski definition) is 8. The van der Waals surface area contributed by atoms with Crippen molar-refractivity contribution in [3.8, 4) is 0 Å². The summed E-state index contributed by atoms with van der Waals surface area (Å²) < 4.78 is 18.4. The minimum absolute atomic E-state index is 0.0261. The summed E-state index contributed by atoms with van der Waals surface area (Å²) in [6.07, 6.45) is 3.65. The predicted octanol–water partition coefficient (Wildman–Crippen LogP) is 0.567. The van der Waals surface area contributed by atoms with E-state index < -0.39 is 0 Å². The lowest BCUT2D eigenvalue weighted by Crippen LogP contribution is -2.35. The van der Waals surface area contributed by atoms with E-state index in [0.717, 1.165) is 19.3 Å². The van der Waals surface area contributed by atoms with Gasteiger partial charge in [-0.15, -0.1) is 0 Å². The summed E-state index contributed by atoms with van der Waals surface area (Å²) in [5.41, 5.74) is 5.73. The molecule has 3 N–H and O–H groups in total. The van der Waals surface area contributed by atoms with Crippen LogP contribution in [0.25, 0.3) is 11.2 Å². The molecule has 3 rings (SSSR count). The predicted molar refractivity (Wildman–Crippen MR) is 92.3 cm³/mol. The first kappa shape index (κ1) is 18.5. The van der Waals surface area contributed by atoms with E-state index in [4.69, 9.17) is 19.9 Å². The number of ketones is 1. The van der Waals surface area contributed by atoms with E-state index in [1.54, 1.807) is 4.57 Å². The Morgan fingerprint density at radius 3 is 3.12 bits per heavy atom. The molecule has 1 fully saturated rings. The van der Waals surface area contributed by atoms with E-state index in [-0.39, 0.29) is 41.9 Å². The first-order chi connectivity index (χ1) is 12.6. The molecule has 0 amide bonds. The Morgan fingerprint density at radius 1 is 1.46 bits per heavy atom. The zero-order valence-electron chi connectivity index (χ0n) is 14.6. The summed E-state index contributed by atoms with van der Waals surface area (Å²) in [7, 11) is 0. The van der Waals surface area contributed by atoms with Crippen molar-refractivity contribution < 1.29 is 19.0 Å². The van der Waals surface area contributed by atoms with Gasteiger partial charge in [-0.25, -0.2) is 4.98 Å². The molecular weight excluding hydrogens is 342 g/mol. The molecule has 10 nitrogen and oxygen atoms in total. The number of Topliss-reactive ketones (excluding diaryl/α,β-unsaturated/α-hetero) is 1. The van der Waals surface area contributed by atoms with Crippen LogP contribution in [-0.4, -0.2) is 50.9 Å². The van der Waals surface area contributed by atoms with Crippen molar-refractivity contribution in [1.82, 2.24) is 19.5 Å². The second-order valence-corrected chi connectivity index (χ2v) is 6.05. The second-order valence-electron chi connectivity index (χ2n) is 6.05. The van der Waals surface area contributed by atoms with Gasteiger partial charge in [0.1, 0.15) is 12.8 Å². The van der Waals surface area contributed by atoms with E-state index in [1.165, 1.54) is 6.33 Å². The molecular formula is C16H23N5O5. The number of ether oxygens (including phenoxy) is 3. The fraction of sp³-hybridized carbons (Fsp3) is 0.625. The van der Waals surface area contributed by atoms with Gasteiger partial charge in [-0.05, 0) is 19.3 Å². The van der Waals surface area contributed by atoms with Crippen molar-refractivity contribution in [1.29, 1.82) is 0 Å². The van der Waals surface area contributed by atoms with Crippen LogP contribution in [0.5, 0.6) is 0 Å². The number of carbonyl (C=O) groups is 1. The number of rotatable bonds is 8. The molecule has 2 aromatic rings. The van der Waals surface area contributed by atoms with Crippen molar-refractivity contribution in [2.75, 3.05) is 18.9 Å². The highest BCUT2D eigenvalue weighted by molar-refractivity contribution is 5.82. The number of nitrogen functional groups attached to an aromatic ring is 1. The van der Waals surface area contributed by atoms with E-state index in [0.29, 0.717) is 25.3 Å². The number of aromatic nitrogens is 4. The number of carbonyl (C=O) groups excluding carboxylic acids is 1. The normalized spacial score (nSPS) is 20.5. The average molecular weight is 365 g/mol. The quantitative estimate of drug-likeness (QED) is 0.648. The number of fused-ring (bicyclic) bond motifs is 1. The molecule has 0 aliphatic carbocycles. The van der Waals surface area contributed by atoms with Crippen LogP contribution in [0.4, 0.5) is 5.95 Å². The Hall–Kier alpha value is -2.30. The van der Waals surface area contributed by atoms with Crippen LogP contribution in [0.2, 0.25) is 0 Å². The SMILES string of the molecule is CCC(=O)C1CCCC(OCCOCn2cnc3c(=O)[nH]c(N)nc32)O1. The molecule has 3 heterocycles. The summed E-state index contributed by atoms with van der Waals surface area (Å²) in [6, 6.07) is 0. The first-order valence-corrected chi connectivity index (χ1v) is 8.66. The molecule has 0 bridgehead atoms. The summed E-state index contributed by atoms with van der Waals surface area (Å²) in [4.78, 5) is 33.9. The van der Waals surface area contributed by atoms with Gasteiger partial charge in [0.05, 0.1) is 19.5 Å². The molecule has 1 saturated heterocycles. The minimum Gasteiger partial charge on any atom is -0.369 e. The van der Waals surface area contributed by atoms with Gasteiger partial charge in [0.15, 0.2) is 23.2 Å². The molecule has 1 aliphatic rings. The highest BCUT2D eigenvalue weighted by atomic mass is 16.7. The molecule has 1 aliphatic heterocycles. The number of aromatic amines is 1. The van der Waals surface area contributed by atoms with Crippen LogP contribution >= 0.6 is 0 Å². The minimum atomic E-state index is -0.389. The Bertz CT molecular complexity index is 817. The number of nitrogens with one attached hydrogen (secondary N) is 1. The summed E-state index contributed by atoms with van der Waals surface area (Å²) in [5.74, 6) is 0.140. The Labute approximate surface area is 149 Å². The van der Waals surface area contributed by atoms with Gasteiger partial charge < -0.3 is 19.9 Å². The van der Waals surface area contributed by atoms with E-state index in [2.05, 4.69) is 15.0 Å². The monoisotopic (exact) mass is 365 g/mol. The number of nitrogens with zero attached hydrogens (tertiary/aromatic N) is 3. The van der Waals surface area contributed by atoms with Crippen LogP contribution in [0.15, 0.2) is 11.1 Å². The standard InChI is InChI=1S/C16H23N5O5/c1-2-10(22)11-4-3-5-12(26-11)25-7-6-24-9-21-8-18-13-14(21)19-16(17)20-15(13)23/h8,11-12H,2-7,9H2,1H3,(H3,17,19,20,23). The summed E-state index contributed by atoms with van der Waals surface area (Å²) in [6.45, 7) is 2.66. The van der Waals surface area contributed by atoms with E-state index in [1.807, 2.05) is 6.92 Å². The smallest absolute Gasteiger partial charge is 0.280 e. The third-order valence-electron chi connectivity index (χ3n) is 4.18. The molecule has 0 aromatic carbocycles. The van der Waals surface area contributed by atoms with Gasteiger partial charge >= 0.3 is 0 Å². The van der Waals surface area contributed by atoms with Crippen molar-refractivity contribution >= 4 is 22.9 Å². The summed E-state index contributed by atoms with van der Waals surface area (Å²) >= 11 is 0. The van der Waals surface area contributed by atoms with E-state index >= 15 is 0 Å². The fourth-order valence-corrected chi connectivity index (χ4v) is 2.84. The molecule has 142 valence electrons. The Balaban J connectivity index is 1.44. The van der Waals surface area contributed by atoms with Crippen molar-refractivity contribution in [3.05, 3.63) is 16.7 Å². The van der Waals surface area contributed by atoms with E-state index in [9.17, 15) is 9.59 Å². The van der Waals surface area contributed by atoms with Crippen LogP contribution in [0.1, 0.15) is 32.6 Å². The van der Waals surface area contributed by atoms with Crippen molar-refractivity contribution in [3.63, 3.8) is 0 Å². The van der Waals surface area contributed by atoms with Crippen LogP contribution in [0.3, 0.4) is 0 Å². The van der Waals surface area contributed by atoms with Gasteiger partial charge in [-0.2, -0.15) is 4.98 Å². The van der Waals surface area contributed by atoms with Crippen molar-refractivity contribution in [2.24, 2.45) is 0 Å². The average Bonchev–Trinajstić information content (AvgIpc) is 3.04. The van der Waals surface area contributed by atoms with Crippen molar-refractivity contribution in [2.45, 2.75) is 51.7 Å². The highest BCUT2D eigenvalue weighted by Gasteiger charge is 2.26. The number of nitrogens with two attached hydrogens (primary N) is 1. The molecule has 0 saturated carbocycles. The maximum Gasteiger partial charge on any atom is 0.280 e. The van der Waals surface area contributed by atoms with Crippen LogP contribution < -0.4 is 11.3 Å². The van der Waals surface area contributed by atoms with Crippen LogP contribution in [-0.2, 0) is 25.7 Å². The highest BCUT2D eigenvalue weighted by Crippen LogP contribution is 2.21. The van der Waals surface area contributed by atoms with Gasteiger partial charge in [-0.1, -0.05) is 6.92 Å². The molecule has 0 spiro atoms. The van der Waals surface area contributed by atoms with Crippen LogP contribution in [0, 0.1) is 0 Å². The lowest BCUT2D eigenvalue weighted by Gasteiger charge is -2.28. The Kier molecular flexibility index (Phi) is 5.96. The Morgan fingerprint density at radius 2 is 2.31 bits per heavy atom.